The zero-order chi connectivity index (χ0) is 14.6. The van der Waals surface area contributed by atoms with Crippen LogP contribution in [0.2, 0.25) is 0 Å². The maximum absolute atomic E-state index is 12.0. The molecule has 0 unspecified atom stereocenters. The molecule has 1 N–H and O–H groups in total. The van der Waals surface area contributed by atoms with Crippen LogP contribution in [0.4, 0.5) is 13.2 Å². The second-order valence-electron chi connectivity index (χ2n) is 5.22. The molecule has 6 heteroatoms. The average Bonchev–Trinajstić information content (AvgIpc) is 3.10. The summed E-state index contributed by atoms with van der Waals surface area (Å²) in [5.74, 6) is 1.62. The van der Waals surface area contributed by atoms with Gasteiger partial charge < -0.3 is 14.5 Å². The van der Waals surface area contributed by atoms with Crippen LogP contribution in [-0.2, 0) is 17.9 Å². The molecule has 1 fully saturated rings. The minimum Gasteiger partial charge on any atom is -0.465 e. The molecule has 1 aliphatic rings. The summed E-state index contributed by atoms with van der Waals surface area (Å²) in [6, 6.07) is 2.52. The number of alkyl halides is 3. The first-order valence-electron chi connectivity index (χ1n) is 6.90. The highest BCUT2D eigenvalue weighted by atomic mass is 19.4. The van der Waals surface area contributed by atoms with Gasteiger partial charge in [0.2, 0.25) is 0 Å². The molecule has 1 aromatic rings. The van der Waals surface area contributed by atoms with E-state index in [4.69, 9.17) is 9.15 Å². The third kappa shape index (κ3) is 5.54. The zero-order valence-corrected chi connectivity index (χ0v) is 11.6. The molecule has 0 aliphatic heterocycles. The Bertz CT molecular complexity index is 425. The van der Waals surface area contributed by atoms with E-state index in [1.54, 1.807) is 0 Å². The fourth-order valence-electron chi connectivity index (χ4n) is 1.91. The third-order valence-electron chi connectivity index (χ3n) is 3.22. The molecule has 1 aromatic heterocycles. The van der Waals surface area contributed by atoms with Crippen molar-refractivity contribution in [2.45, 2.75) is 58.0 Å². The normalized spacial score (nSPS) is 15.8. The summed E-state index contributed by atoms with van der Waals surface area (Å²) in [5.41, 5.74) is 0.907. The standard InChI is InChI=1S/C14H20F3NO2/c1-10-11(9-19-6-2-5-14(15,16)17)7-13(20-10)8-18-12-3-4-12/h7,12,18H,2-6,8-9H2,1H3. The summed E-state index contributed by atoms with van der Waals surface area (Å²) in [7, 11) is 0. The minimum absolute atomic E-state index is 0.00348. The molecule has 1 aliphatic carbocycles. The molecule has 0 spiro atoms. The van der Waals surface area contributed by atoms with Gasteiger partial charge in [0.05, 0.1) is 13.2 Å². The average molecular weight is 291 g/mol. The summed E-state index contributed by atoms with van der Waals surface area (Å²) in [4.78, 5) is 0. The van der Waals surface area contributed by atoms with Crippen LogP contribution >= 0.6 is 0 Å². The van der Waals surface area contributed by atoms with Crippen molar-refractivity contribution in [1.82, 2.24) is 5.32 Å². The number of hydrogen-bond acceptors (Lipinski definition) is 3. The molecule has 1 heterocycles. The van der Waals surface area contributed by atoms with Crippen LogP contribution in [0.1, 0.15) is 42.8 Å². The minimum atomic E-state index is -4.10. The van der Waals surface area contributed by atoms with Gasteiger partial charge >= 0.3 is 6.18 Å². The van der Waals surface area contributed by atoms with Gasteiger partial charge in [0.1, 0.15) is 11.5 Å². The second-order valence-corrected chi connectivity index (χ2v) is 5.22. The quantitative estimate of drug-likeness (QED) is 0.742. The number of rotatable bonds is 8. The first kappa shape index (κ1) is 15.4. The SMILES string of the molecule is Cc1oc(CNC2CC2)cc1COCCCC(F)(F)F. The summed E-state index contributed by atoms with van der Waals surface area (Å²) in [6.07, 6.45) is -2.47. The Morgan fingerprint density at radius 1 is 1.40 bits per heavy atom. The third-order valence-corrected chi connectivity index (χ3v) is 3.22. The van der Waals surface area contributed by atoms with Gasteiger partial charge in [-0.2, -0.15) is 13.2 Å². The van der Waals surface area contributed by atoms with E-state index in [1.807, 2.05) is 13.0 Å². The van der Waals surface area contributed by atoms with E-state index in [0.717, 1.165) is 17.1 Å². The summed E-state index contributed by atoms with van der Waals surface area (Å²) < 4.78 is 46.7. The first-order valence-corrected chi connectivity index (χ1v) is 6.90. The molecule has 0 aromatic carbocycles. The van der Waals surface area contributed by atoms with Crippen molar-refractivity contribution in [3.05, 3.63) is 23.2 Å². The van der Waals surface area contributed by atoms with Gasteiger partial charge in [0.25, 0.3) is 0 Å². The molecule has 3 nitrogen and oxygen atoms in total. The van der Waals surface area contributed by atoms with E-state index in [1.165, 1.54) is 12.8 Å². The van der Waals surface area contributed by atoms with Crippen molar-refractivity contribution >= 4 is 0 Å². The van der Waals surface area contributed by atoms with Crippen molar-refractivity contribution in [3.63, 3.8) is 0 Å². The van der Waals surface area contributed by atoms with Crippen molar-refractivity contribution < 1.29 is 22.3 Å². The van der Waals surface area contributed by atoms with Gasteiger partial charge in [0.15, 0.2) is 0 Å². The lowest BCUT2D eigenvalue weighted by Crippen LogP contribution is -2.14. The largest absolute Gasteiger partial charge is 0.465 e. The molecule has 20 heavy (non-hydrogen) atoms. The van der Waals surface area contributed by atoms with Gasteiger partial charge in [-0.05, 0) is 32.3 Å². The topological polar surface area (TPSA) is 34.4 Å². The van der Waals surface area contributed by atoms with Gasteiger partial charge in [-0.25, -0.2) is 0 Å². The maximum Gasteiger partial charge on any atom is 0.389 e. The van der Waals surface area contributed by atoms with Crippen LogP contribution in [0.25, 0.3) is 0 Å². The molecule has 0 radical (unpaired) electrons. The van der Waals surface area contributed by atoms with Crippen LogP contribution in [0.5, 0.6) is 0 Å². The highest BCUT2D eigenvalue weighted by Crippen LogP contribution is 2.22. The number of hydrogen-bond donors (Lipinski definition) is 1. The Labute approximate surface area is 116 Å². The van der Waals surface area contributed by atoms with Crippen molar-refractivity contribution in [1.29, 1.82) is 0 Å². The molecular formula is C14H20F3NO2. The molecule has 2 rings (SSSR count). The van der Waals surface area contributed by atoms with Crippen molar-refractivity contribution in [3.8, 4) is 0 Å². The second kappa shape index (κ2) is 6.63. The van der Waals surface area contributed by atoms with Crippen LogP contribution in [0, 0.1) is 6.92 Å². The van der Waals surface area contributed by atoms with E-state index >= 15 is 0 Å². The Morgan fingerprint density at radius 2 is 2.15 bits per heavy atom. The summed E-state index contributed by atoms with van der Waals surface area (Å²) >= 11 is 0. The fourth-order valence-corrected chi connectivity index (χ4v) is 1.91. The van der Waals surface area contributed by atoms with Crippen LogP contribution in [0.15, 0.2) is 10.5 Å². The molecule has 0 amide bonds. The van der Waals surface area contributed by atoms with Crippen molar-refractivity contribution in [2.24, 2.45) is 0 Å². The molecule has 0 atom stereocenters. The van der Waals surface area contributed by atoms with Gasteiger partial charge in [0, 0.05) is 24.6 Å². The molecule has 114 valence electrons. The van der Waals surface area contributed by atoms with Crippen LogP contribution < -0.4 is 5.32 Å². The Kier molecular flexibility index (Phi) is 5.10. The zero-order valence-electron chi connectivity index (χ0n) is 11.6. The Morgan fingerprint density at radius 3 is 2.80 bits per heavy atom. The predicted molar refractivity (Wildman–Crippen MR) is 68.3 cm³/mol. The van der Waals surface area contributed by atoms with E-state index < -0.39 is 12.6 Å². The van der Waals surface area contributed by atoms with Crippen LogP contribution in [-0.4, -0.2) is 18.8 Å². The lowest BCUT2D eigenvalue weighted by atomic mass is 10.2. The predicted octanol–water partition coefficient (Wildman–Crippen LogP) is 3.70. The van der Waals surface area contributed by atoms with E-state index in [2.05, 4.69) is 5.32 Å². The van der Waals surface area contributed by atoms with E-state index in [0.29, 0.717) is 19.2 Å². The number of aryl methyl sites for hydroxylation is 1. The van der Waals surface area contributed by atoms with Gasteiger partial charge in [-0.3, -0.25) is 0 Å². The molecule has 0 saturated heterocycles. The summed E-state index contributed by atoms with van der Waals surface area (Å²) in [6.45, 7) is 2.95. The smallest absolute Gasteiger partial charge is 0.389 e. The van der Waals surface area contributed by atoms with Crippen molar-refractivity contribution in [2.75, 3.05) is 6.61 Å². The lowest BCUT2D eigenvalue weighted by Gasteiger charge is -2.06. The Hall–Kier alpha value is -1.01. The number of furan rings is 1. The maximum atomic E-state index is 12.0. The fraction of sp³-hybridized carbons (Fsp3) is 0.714. The highest BCUT2D eigenvalue weighted by molar-refractivity contribution is 5.20. The summed E-state index contributed by atoms with van der Waals surface area (Å²) in [5, 5.41) is 3.35. The lowest BCUT2D eigenvalue weighted by molar-refractivity contribution is -0.138. The van der Waals surface area contributed by atoms with Gasteiger partial charge in [-0.15, -0.1) is 0 Å². The molecule has 1 saturated carbocycles. The van der Waals surface area contributed by atoms with Crippen LogP contribution in [0.3, 0.4) is 0 Å². The Balaban J connectivity index is 1.66. The molecule has 0 bridgehead atoms. The monoisotopic (exact) mass is 291 g/mol. The first-order chi connectivity index (χ1) is 9.44. The molecular weight excluding hydrogens is 271 g/mol. The number of ether oxygens (including phenoxy) is 1. The number of nitrogens with one attached hydrogen (secondary N) is 1. The number of halogens is 3. The van der Waals surface area contributed by atoms with E-state index in [-0.39, 0.29) is 13.0 Å². The highest BCUT2D eigenvalue weighted by Gasteiger charge is 2.26. The van der Waals surface area contributed by atoms with E-state index in [9.17, 15) is 13.2 Å². The van der Waals surface area contributed by atoms with Gasteiger partial charge in [-0.1, -0.05) is 0 Å².